The summed E-state index contributed by atoms with van der Waals surface area (Å²) in [5.41, 5.74) is 0.312. The fraction of sp³-hybridized carbons (Fsp3) is 0.412. The third-order valence-corrected chi connectivity index (χ3v) is 5.06. The molecule has 0 radical (unpaired) electrons. The maximum Gasteiger partial charge on any atom is 0.273 e. The largest absolute Gasteiger partial charge is 0.388 e. The summed E-state index contributed by atoms with van der Waals surface area (Å²) >= 11 is 0. The SMILES string of the molecule is N#CCC(n1cc(-c2ncnc3[nH]ccc23)c(=O)[nH]1)C1(O)CCCC1. The Hall–Kier alpha value is -2.92. The summed E-state index contributed by atoms with van der Waals surface area (Å²) in [6, 6.07) is 3.47. The van der Waals surface area contributed by atoms with Gasteiger partial charge in [0.25, 0.3) is 5.56 Å². The van der Waals surface area contributed by atoms with E-state index in [1.165, 1.54) is 6.33 Å². The zero-order chi connectivity index (χ0) is 17.4. The molecule has 3 aromatic rings. The van der Waals surface area contributed by atoms with E-state index in [1.54, 1.807) is 17.1 Å². The number of nitrogens with one attached hydrogen (secondary N) is 2. The minimum absolute atomic E-state index is 0.129. The summed E-state index contributed by atoms with van der Waals surface area (Å²) in [7, 11) is 0. The van der Waals surface area contributed by atoms with Crippen LogP contribution >= 0.6 is 0 Å². The van der Waals surface area contributed by atoms with Crippen molar-refractivity contribution in [2.24, 2.45) is 0 Å². The second kappa shape index (κ2) is 5.86. The van der Waals surface area contributed by atoms with E-state index in [4.69, 9.17) is 0 Å². The first-order valence-electron chi connectivity index (χ1n) is 8.31. The van der Waals surface area contributed by atoms with Gasteiger partial charge in [-0.05, 0) is 18.9 Å². The van der Waals surface area contributed by atoms with Crippen molar-refractivity contribution in [2.75, 3.05) is 0 Å². The van der Waals surface area contributed by atoms with Gasteiger partial charge in [-0.3, -0.25) is 14.6 Å². The van der Waals surface area contributed by atoms with Crippen LogP contribution in [0.5, 0.6) is 0 Å². The van der Waals surface area contributed by atoms with E-state index in [1.807, 2.05) is 6.07 Å². The number of aliphatic hydroxyl groups is 1. The zero-order valence-electron chi connectivity index (χ0n) is 13.6. The molecule has 1 aliphatic carbocycles. The van der Waals surface area contributed by atoms with Crippen molar-refractivity contribution in [3.63, 3.8) is 0 Å². The average Bonchev–Trinajstić information content (AvgIpc) is 3.32. The first kappa shape index (κ1) is 15.6. The predicted octanol–water partition coefficient (Wildman–Crippen LogP) is 1.87. The number of hydrogen-bond acceptors (Lipinski definition) is 5. The van der Waals surface area contributed by atoms with Gasteiger partial charge in [0.05, 0.1) is 35.4 Å². The highest BCUT2D eigenvalue weighted by Gasteiger charge is 2.41. The molecule has 0 bridgehead atoms. The van der Waals surface area contributed by atoms with Gasteiger partial charge in [-0.2, -0.15) is 5.26 Å². The minimum Gasteiger partial charge on any atom is -0.388 e. The van der Waals surface area contributed by atoms with Gasteiger partial charge in [0.1, 0.15) is 12.0 Å². The molecule has 3 aromatic heterocycles. The lowest BCUT2D eigenvalue weighted by Gasteiger charge is -2.31. The topological polar surface area (TPSA) is 123 Å². The van der Waals surface area contributed by atoms with E-state index in [9.17, 15) is 15.2 Å². The van der Waals surface area contributed by atoms with E-state index < -0.39 is 11.6 Å². The van der Waals surface area contributed by atoms with Crippen molar-refractivity contribution >= 4 is 11.0 Å². The van der Waals surface area contributed by atoms with Crippen LogP contribution in [0, 0.1) is 11.3 Å². The molecule has 0 aliphatic heterocycles. The van der Waals surface area contributed by atoms with E-state index >= 15 is 0 Å². The zero-order valence-corrected chi connectivity index (χ0v) is 13.6. The number of aromatic amines is 2. The molecule has 1 saturated carbocycles. The number of fused-ring (bicyclic) bond motifs is 1. The van der Waals surface area contributed by atoms with Crippen LogP contribution in [0.15, 0.2) is 29.6 Å². The molecule has 3 heterocycles. The molecule has 1 atom stereocenters. The quantitative estimate of drug-likeness (QED) is 0.670. The Labute approximate surface area is 143 Å². The Morgan fingerprint density at radius 2 is 2.20 bits per heavy atom. The lowest BCUT2D eigenvalue weighted by Crippen LogP contribution is -2.37. The lowest BCUT2D eigenvalue weighted by atomic mass is 9.90. The number of H-pyrrole nitrogens is 2. The first-order chi connectivity index (χ1) is 12.1. The average molecular weight is 338 g/mol. The van der Waals surface area contributed by atoms with E-state index in [0.29, 0.717) is 29.7 Å². The van der Waals surface area contributed by atoms with Gasteiger partial charge in [0, 0.05) is 17.8 Å². The van der Waals surface area contributed by atoms with Crippen LogP contribution in [0.1, 0.15) is 38.1 Å². The monoisotopic (exact) mass is 338 g/mol. The molecule has 1 aliphatic rings. The fourth-order valence-electron chi connectivity index (χ4n) is 3.79. The molecule has 0 aromatic carbocycles. The highest BCUT2D eigenvalue weighted by atomic mass is 16.3. The summed E-state index contributed by atoms with van der Waals surface area (Å²) in [6.07, 6.45) is 8.03. The minimum atomic E-state index is -0.968. The van der Waals surface area contributed by atoms with Gasteiger partial charge in [-0.1, -0.05) is 12.8 Å². The van der Waals surface area contributed by atoms with Crippen molar-refractivity contribution in [1.29, 1.82) is 5.26 Å². The number of aromatic nitrogens is 5. The summed E-state index contributed by atoms with van der Waals surface area (Å²) < 4.78 is 1.58. The summed E-state index contributed by atoms with van der Waals surface area (Å²) in [5, 5.41) is 23.6. The molecule has 4 rings (SSSR count). The molecule has 3 N–H and O–H groups in total. The molecular formula is C17H18N6O2. The molecule has 0 saturated heterocycles. The second-order valence-electron chi connectivity index (χ2n) is 6.54. The molecule has 1 fully saturated rings. The molecule has 8 heteroatoms. The van der Waals surface area contributed by atoms with Gasteiger partial charge in [0.15, 0.2) is 0 Å². The number of hydrogen-bond donors (Lipinski definition) is 3. The van der Waals surface area contributed by atoms with Crippen LogP contribution in [0.2, 0.25) is 0 Å². The number of nitriles is 1. The molecule has 8 nitrogen and oxygen atoms in total. The fourth-order valence-corrected chi connectivity index (χ4v) is 3.79. The lowest BCUT2D eigenvalue weighted by molar-refractivity contribution is -0.00916. The van der Waals surface area contributed by atoms with Crippen LogP contribution in [0.3, 0.4) is 0 Å². The molecule has 1 unspecified atom stereocenters. The van der Waals surface area contributed by atoms with Gasteiger partial charge in [-0.15, -0.1) is 0 Å². The van der Waals surface area contributed by atoms with Crippen molar-refractivity contribution in [3.05, 3.63) is 35.1 Å². The number of nitrogens with zero attached hydrogens (tertiary/aromatic N) is 4. The van der Waals surface area contributed by atoms with E-state index in [0.717, 1.165) is 18.2 Å². The Balaban J connectivity index is 1.81. The Bertz CT molecular complexity index is 1000. The smallest absolute Gasteiger partial charge is 0.273 e. The van der Waals surface area contributed by atoms with E-state index in [2.05, 4.69) is 26.1 Å². The van der Waals surface area contributed by atoms with Gasteiger partial charge >= 0.3 is 0 Å². The molecule has 128 valence electrons. The molecular weight excluding hydrogens is 320 g/mol. The number of rotatable bonds is 4. The van der Waals surface area contributed by atoms with Gasteiger partial charge in [0.2, 0.25) is 0 Å². The standard InChI is InChI=1S/C17H18N6O2/c18-7-3-13(17(25)5-1-2-6-17)23-9-12(16(24)22-23)14-11-4-8-19-15(11)21-10-20-14/h4,8-10,13,25H,1-3,5-6H2,(H,22,24)(H,19,20,21). The molecule has 25 heavy (non-hydrogen) atoms. The van der Waals surface area contributed by atoms with Crippen molar-refractivity contribution in [1.82, 2.24) is 24.7 Å². The van der Waals surface area contributed by atoms with Crippen LogP contribution in [-0.2, 0) is 0 Å². The summed E-state index contributed by atoms with van der Waals surface area (Å²) in [5.74, 6) is 0. The molecule has 0 spiro atoms. The maximum atomic E-state index is 12.5. The van der Waals surface area contributed by atoms with E-state index in [-0.39, 0.29) is 12.0 Å². The normalized spacial score (nSPS) is 17.6. The van der Waals surface area contributed by atoms with Crippen molar-refractivity contribution < 1.29 is 5.11 Å². The van der Waals surface area contributed by atoms with Crippen LogP contribution in [0.4, 0.5) is 0 Å². The molecule has 0 amide bonds. The second-order valence-corrected chi connectivity index (χ2v) is 6.54. The highest BCUT2D eigenvalue weighted by molar-refractivity contribution is 5.89. The van der Waals surface area contributed by atoms with Crippen LogP contribution < -0.4 is 5.56 Å². The Morgan fingerprint density at radius 1 is 1.40 bits per heavy atom. The van der Waals surface area contributed by atoms with Gasteiger partial charge < -0.3 is 10.1 Å². The predicted molar refractivity (Wildman–Crippen MR) is 90.6 cm³/mol. The Kier molecular flexibility index (Phi) is 3.66. The Morgan fingerprint density at radius 3 is 2.96 bits per heavy atom. The maximum absolute atomic E-state index is 12.5. The first-order valence-corrected chi connectivity index (χ1v) is 8.31. The van der Waals surface area contributed by atoms with Crippen LogP contribution in [0.25, 0.3) is 22.3 Å². The highest BCUT2D eigenvalue weighted by Crippen LogP contribution is 2.40. The van der Waals surface area contributed by atoms with Crippen molar-refractivity contribution in [3.8, 4) is 17.3 Å². The third-order valence-electron chi connectivity index (χ3n) is 5.06. The van der Waals surface area contributed by atoms with Gasteiger partial charge in [-0.25, -0.2) is 9.97 Å². The van der Waals surface area contributed by atoms with Crippen molar-refractivity contribution in [2.45, 2.75) is 43.7 Å². The summed E-state index contributed by atoms with van der Waals surface area (Å²) in [6.45, 7) is 0. The summed E-state index contributed by atoms with van der Waals surface area (Å²) in [4.78, 5) is 23.9. The van der Waals surface area contributed by atoms with Crippen LogP contribution in [-0.4, -0.2) is 35.4 Å². The third kappa shape index (κ3) is 2.53.